The Hall–Kier alpha value is -2.86. The van der Waals surface area contributed by atoms with E-state index in [0.717, 1.165) is 21.8 Å². The van der Waals surface area contributed by atoms with Crippen molar-refractivity contribution in [3.63, 3.8) is 0 Å². The van der Waals surface area contributed by atoms with Crippen LogP contribution in [0.15, 0.2) is 30.5 Å². The third-order valence-electron chi connectivity index (χ3n) is 5.76. The number of nitrogens with zero attached hydrogens (tertiary/aromatic N) is 3. The molecule has 1 unspecified atom stereocenters. The zero-order valence-corrected chi connectivity index (χ0v) is 20.3. The number of fused-ring (bicyclic) bond motifs is 2. The largest absolute Gasteiger partial charge is 0.493 e. The van der Waals surface area contributed by atoms with Crippen LogP contribution in [0.25, 0.3) is 10.9 Å². The van der Waals surface area contributed by atoms with Crippen molar-refractivity contribution in [3.8, 4) is 23.0 Å². The highest BCUT2D eigenvalue weighted by atomic mass is 127. The summed E-state index contributed by atoms with van der Waals surface area (Å²) in [6, 6.07) is 7.12. The molecule has 172 valence electrons. The van der Waals surface area contributed by atoms with Gasteiger partial charge in [0.25, 0.3) is 5.91 Å². The summed E-state index contributed by atoms with van der Waals surface area (Å²) < 4.78 is 28.5. The molecule has 0 aliphatic carbocycles. The van der Waals surface area contributed by atoms with Crippen molar-refractivity contribution in [2.75, 3.05) is 39.1 Å². The van der Waals surface area contributed by atoms with Crippen LogP contribution in [0.1, 0.15) is 23.2 Å². The Kier molecular flexibility index (Phi) is 6.11. The average molecular weight is 563 g/mol. The molecule has 5 rings (SSSR count). The van der Waals surface area contributed by atoms with Crippen molar-refractivity contribution in [1.82, 2.24) is 10.2 Å². The molecule has 3 aromatic rings. The van der Waals surface area contributed by atoms with E-state index in [1.54, 1.807) is 43.5 Å². The van der Waals surface area contributed by atoms with Crippen LogP contribution < -0.4 is 23.8 Å². The molecule has 0 saturated carbocycles. The van der Waals surface area contributed by atoms with E-state index < -0.39 is 0 Å². The molecule has 1 fully saturated rings. The van der Waals surface area contributed by atoms with Gasteiger partial charge in [-0.15, -0.1) is 0 Å². The van der Waals surface area contributed by atoms with Gasteiger partial charge in [-0.05, 0) is 53.6 Å². The number of halogens is 1. The predicted molar refractivity (Wildman–Crippen MR) is 129 cm³/mol. The third-order valence-corrected chi connectivity index (χ3v) is 6.65. The second-order valence-electron chi connectivity index (χ2n) is 7.69. The van der Waals surface area contributed by atoms with Crippen LogP contribution in [0, 0.1) is 3.57 Å². The summed E-state index contributed by atoms with van der Waals surface area (Å²) in [4.78, 5) is 15.7. The Morgan fingerprint density at radius 1 is 1.15 bits per heavy atom. The zero-order chi connectivity index (χ0) is 22.9. The number of ether oxygens (including phenoxy) is 5. The van der Waals surface area contributed by atoms with Crippen LogP contribution in [0.3, 0.4) is 0 Å². The molecule has 0 N–H and O–H groups in total. The minimum absolute atomic E-state index is 0.0658. The lowest BCUT2D eigenvalue weighted by Gasteiger charge is -2.27. The fourth-order valence-corrected chi connectivity index (χ4v) is 4.76. The molecular formula is C23H22IN3O6. The SMILES string of the molecule is COc1cc(I)c(C(=O)N(CC2CCCO2)c2cnnc3cc4c(cc23)OCO4)cc1OC. The van der Waals surface area contributed by atoms with Crippen molar-refractivity contribution >= 4 is 45.1 Å². The van der Waals surface area contributed by atoms with Gasteiger partial charge in [0.1, 0.15) is 0 Å². The smallest absolute Gasteiger partial charge is 0.259 e. The Morgan fingerprint density at radius 2 is 1.91 bits per heavy atom. The van der Waals surface area contributed by atoms with E-state index in [1.165, 1.54) is 0 Å². The number of benzene rings is 2. The first kappa shape index (κ1) is 22.0. The molecule has 2 aliphatic heterocycles. The molecule has 2 aliphatic rings. The highest BCUT2D eigenvalue weighted by Gasteiger charge is 2.29. The standard InChI is InChI=1S/C23H22IN3O6/c1-29-19-6-14(16(24)8-20(19)30-2)23(28)27(11-13-4-3-5-31-13)18-10-25-26-17-9-22-21(7-15(17)18)32-12-33-22/h6-10,13H,3-5,11-12H2,1-2H3. The molecule has 3 heterocycles. The van der Waals surface area contributed by atoms with Gasteiger partial charge in [0, 0.05) is 21.6 Å². The van der Waals surface area contributed by atoms with Crippen molar-refractivity contribution in [3.05, 3.63) is 39.6 Å². The van der Waals surface area contributed by atoms with E-state index in [0.29, 0.717) is 52.9 Å². The maximum Gasteiger partial charge on any atom is 0.259 e. The van der Waals surface area contributed by atoms with Gasteiger partial charge in [0.2, 0.25) is 6.79 Å². The second-order valence-corrected chi connectivity index (χ2v) is 8.85. The minimum Gasteiger partial charge on any atom is -0.493 e. The van der Waals surface area contributed by atoms with Gasteiger partial charge in [-0.25, -0.2) is 0 Å². The van der Waals surface area contributed by atoms with Crippen molar-refractivity contribution < 1.29 is 28.5 Å². The monoisotopic (exact) mass is 563 g/mol. The Balaban J connectivity index is 1.62. The molecule has 2 aromatic carbocycles. The number of amides is 1. The molecule has 33 heavy (non-hydrogen) atoms. The molecule has 0 spiro atoms. The first-order chi connectivity index (χ1) is 16.1. The average Bonchev–Trinajstić information content (AvgIpc) is 3.51. The number of hydrogen-bond donors (Lipinski definition) is 0. The molecular weight excluding hydrogens is 541 g/mol. The molecule has 1 atom stereocenters. The zero-order valence-electron chi connectivity index (χ0n) is 18.2. The summed E-state index contributed by atoms with van der Waals surface area (Å²) in [6.45, 7) is 1.23. The number of carbonyl (C=O) groups excluding carboxylic acids is 1. The molecule has 0 radical (unpaired) electrons. The highest BCUT2D eigenvalue weighted by Crippen LogP contribution is 2.39. The lowest BCUT2D eigenvalue weighted by molar-refractivity contribution is 0.0916. The lowest BCUT2D eigenvalue weighted by atomic mass is 10.1. The van der Waals surface area contributed by atoms with Gasteiger partial charge in [-0.1, -0.05) is 0 Å². The third kappa shape index (κ3) is 4.12. The lowest BCUT2D eigenvalue weighted by Crippen LogP contribution is -2.38. The molecule has 1 amide bonds. The normalized spacial score (nSPS) is 16.8. The molecule has 10 heteroatoms. The van der Waals surface area contributed by atoms with Gasteiger partial charge in [0.05, 0.1) is 49.8 Å². The van der Waals surface area contributed by atoms with Gasteiger partial charge < -0.3 is 28.6 Å². The molecule has 1 saturated heterocycles. The Bertz CT molecular complexity index is 1210. The molecule has 9 nitrogen and oxygen atoms in total. The number of rotatable bonds is 6. The number of anilines is 1. The quantitative estimate of drug-likeness (QED) is 0.419. The van der Waals surface area contributed by atoms with Crippen LogP contribution in [0.2, 0.25) is 0 Å². The summed E-state index contributed by atoms with van der Waals surface area (Å²) in [5.74, 6) is 2.08. The fourth-order valence-electron chi connectivity index (χ4n) is 4.10. The maximum atomic E-state index is 14.0. The predicted octanol–water partition coefficient (Wildman–Crippen LogP) is 3.81. The van der Waals surface area contributed by atoms with Crippen LogP contribution >= 0.6 is 22.6 Å². The van der Waals surface area contributed by atoms with Gasteiger partial charge in [-0.2, -0.15) is 10.2 Å². The Labute approximate surface area is 204 Å². The first-order valence-electron chi connectivity index (χ1n) is 10.5. The topological polar surface area (TPSA) is 92.2 Å². The number of hydrogen-bond acceptors (Lipinski definition) is 8. The molecule has 0 bridgehead atoms. The summed E-state index contributed by atoms with van der Waals surface area (Å²) in [6.07, 6.45) is 3.39. The van der Waals surface area contributed by atoms with Gasteiger partial charge in [-0.3, -0.25) is 4.79 Å². The summed E-state index contributed by atoms with van der Waals surface area (Å²) in [5.41, 5.74) is 1.74. The van der Waals surface area contributed by atoms with Crippen LogP contribution in [0.5, 0.6) is 23.0 Å². The second kappa shape index (κ2) is 9.18. The first-order valence-corrected chi connectivity index (χ1v) is 11.6. The van der Waals surface area contributed by atoms with Gasteiger partial charge in [0.15, 0.2) is 23.0 Å². The summed E-state index contributed by atoms with van der Waals surface area (Å²) >= 11 is 2.14. The number of aromatic nitrogens is 2. The van der Waals surface area contributed by atoms with Gasteiger partial charge >= 0.3 is 0 Å². The van der Waals surface area contributed by atoms with E-state index in [4.69, 9.17) is 23.7 Å². The van der Waals surface area contributed by atoms with E-state index in [9.17, 15) is 4.79 Å². The van der Waals surface area contributed by atoms with E-state index in [1.807, 2.05) is 6.07 Å². The number of carbonyl (C=O) groups is 1. The van der Waals surface area contributed by atoms with E-state index in [2.05, 4.69) is 32.8 Å². The van der Waals surface area contributed by atoms with E-state index in [-0.39, 0.29) is 18.8 Å². The minimum atomic E-state index is -0.192. The van der Waals surface area contributed by atoms with Crippen molar-refractivity contribution in [2.45, 2.75) is 18.9 Å². The van der Waals surface area contributed by atoms with Crippen LogP contribution in [-0.4, -0.2) is 56.4 Å². The molecule has 1 aromatic heterocycles. The Morgan fingerprint density at radius 3 is 2.64 bits per heavy atom. The summed E-state index contributed by atoms with van der Waals surface area (Å²) in [7, 11) is 3.12. The fraction of sp³-hybridized carbons (Fsp3) is 0.348. The van der Waals surface area contributed by atoms with E-state index >= 15 is 0 Å². The van der Waals surface area contributed by atoms with Crippen molar-refractivity contribution in [2.24, 2.45) is 0 Å². The number of methoxy groups -OCH3 is 2. The highest BCUT2D eigenvalue weighted by molar-refractivity contribution is 14.1. The van der Waals surface area contributed by atoms with Crippen LogP contribution in [-0.2, 0) is 4.74 Å². The van der Waals surface area contributed by atoms with Crippen molar-refractivity contribution in [1.29, 1.82) is 0 Å². The van der Waals surface area contributed by atoms with Crippen LogP contribution in [0.4, 0.5) is 5.69 Å². The summed E-state index contributed by atoms with van der Waals surface area (Å²) in [5, 5.41) is 9.15. The maximum absolute atomic E-state index is 14.0.